The summed E-state index contributed by atoms with van der Waals surface area (Å²) in [4.78, 5) is 22.0. The van der Waals surface area contributed by atoms with E-state index < -0.39 is 1.68 Å². The van der Waals surface area contributed by atoms with Gasteiger partial charge in [-0.1, -0.05) is 18.6 Å². The van der Waals surface area contributed by atoms with E-state index in [-0.39, 0.29) is 11.6 Å². The van der Waals surface area contributed by atoms with Crippen LogP contribution < -0.4 is 5.69 Å². The normalized spacial score (nSPS) is 15.1. The maximum Gasteiger partial charge on any atom is 0.337 e. The maximum atomic E-state index is 15.0. The summed E-state index contributed by atoms with van der Waals surface area (Å²) in [5.41, 5.74) is 4.17. The number of hydrogen-bond acceptors (Lipinski definition) is 5. The summed E-state index contributed by atoms with van der Waals surface area (Å²) in [6, 6.07) is 9.54. The highest BCUT2D eigenvalue weighted by Gasteiger charge is 2.34. The lowest BCUT2D eigenvalue weighted by molar-refractivity contribution is 0.274. The first-order chi connectivity index (χ1) is 17.8. The van der Waals surface area contributed by atoms with Crippen molar-refractivity contribution < 1.29 is 4.39 Å². The van der Waals surface area contributed by atoms with Gasteiger partial charge in [0.05, 0.1) is 11.2 Å². The molecule has 188 valence electrons. The highest BCUT2D eigenvalue weighted by Crippen LogP contribution is 2.44. The lowest BCUT2D eigenvalue weighted by atomic mass is 9.72. The Kier molecular flexibility index (Phi) is 6.37. The zero-order valence-electron chi connectivity index (χ0n) is 19.8. The highest BCUT2D eigenvalue weighted by molar-refractivity contribution is 14.2. The quantitative estimate of drug-likeness (QED) is 0.170. The number of benzene rings is 1. The van der Waals surface area contributed by atoms with Crippen LogP contribution >= 0.6 is 45.2 Å². The van der Waals surface area contributed by atoms with Crippen molar-refractivity contribution in [1.29, 1.82) is 0 Å². The number of halogens is 3. The first-order valence-corrected chi connectivity index (χ1v) is 14.0. The van der Waals surface area contributed by atoms with Crippen LogP contribution in [-0.4, -0.2) is 33.7 Å². The molecule has 37 heavy (non-hydrogen) atoms. The van der Waals surface area contributed by atoms with Crippen molar-refractivity contribution in [3.05, 3.63) is 95.2 Å². The molecule has 1 fully saturated rings. The van der Waals surface area contributed by atoms with Crippen molar-refractivity contribution in [2.75, 3.05) is 0 Å². The summed E-state index contributed by atoms with van der Waals surface area (Å²) < 4.78 is 18.4. The third-order valence-electron chi connectivity index (χ3n) is 7.12. The number of pyridine rings is 1. The number of nitrogens with zero attached hydrogens (tertiary/aromatic N) is 7. The molecule has 1 atom stereocenters. The van der Waals surface area contributed by atoms with Gasteiger partial charge in [-0.05, 0) is 93.3 Å². The second kappa shape index (κ2) is 9.57. The van der Waals surface area contributed by atoms with E-state index in [2.05, 4.69) is 26.2 Å². The fraction of sp³-hybridized carbons (Fsp3) is 0.269. The minimum Gasteiger partial charge on any atom is -0.320 e. The summed E-state index contributed by atoms with van der Waals surface area (Å²) >= 11 is 3.49. The van der Waals surface area contributed by atoms with Crippen molar-refractivity contribution in [3.8, 4) is 16.8 Å². The average molecular weight is 721 g/mol. The van der Waals surface area contributed by atoms with Crippen LogP contribution in [0, 0.1) is 5.92 Å². The van der Waals surface area contributed by atoms with Crippen LogP contribution in [0.25, 0.3) is 22.3 Å². The number of alkyl halides is 3. The van der Waals surface area contributed by atoms with E-state index >= 15 is 0 Å². The van der Waals surface area contributed by atoms with E-state index in [0.717, 1.165) is 35.4 Å². The van der Waals surface area contributed by atoms with Gasteiger partial charge in [-0.15, -0.1) is 10.2 Å². The van der Waals surface area contributed by atoms with Gasteiger partial charge in [0, 0.05) is 48.9 Å². The Labute approximate surface area is 239 Å². The third-order valence-corrected chi connectivity index (χ3v) is 8.28. The van der Waals surface area contributed by atoms with Crippen LogP contribution in [0.1, 0.15) is 42.1 Å². The molecule has 0 spiro atoms. The van der Waals surface area contributed by atoms with Gasteiger partial charge in [-0.25, -0.2) is 19.2 Å². The topological polar surface area (TPSA) is 82.9 Å². The summed E-state index contributed by atoms with van der Waals surface area (Å²) in [5, 5.41) is 8.61. The molecule has 0 saturated heterocycles. The molecule has 1 aromatic carbocycles. The monoisotopic (exact) mass is 721 g/mol. The third kappa shape index (κ3) is 4.49. The number of aromatic nitrogens is 7. The first kappa shape index (κ1) is 24.6. The van der Waals surface area contributed by atoms with Crippen molar-refractivity contribution in [2.24, 2.45) is 13.0 Å². The molecular weight excluding hydrogens is 699 g/mol. The largest absolute Gasteiger partial charge is 0.337 e. The summed E-state index contributed by atoms with van der Waals surface area (Å²) in [5.74, 6) is 1.35. The van der Waals surface area contributed by atoms with Crippen molar-refractivity contribution in [3.63, 3.8) is 0 Å². The fourth-order valence-electron chi connectivity index (χ4n) is 5.08. The van der Waals surface area contributed by atoms with E-state index in [9.17, 15) is 9.18 Å². The number of fused-ring (bicyclic) bond motifs is 1. The van der Waals surface area contributed by atoms with Gasteiger partial charge in [0.2, 0.25) is 1.68 Å². The van der Waals surface area contributed by atoms with Gasteiger partial charge in [-0.2, -0.15) is 0 Å². The Balaban J connectivity index is 1.59. The van der Waals surface area contributed by atoms with E-state index in [1.807, 2.05) is 23.7 Å². The molecule has 5 aromatic rings. The van der Waals surface area contributed by atoms with Crippen molar-refractivity contribution in [2.45, 2.75) is 26.9 Å². The zero-order valence-corrected chi connectivity index (χ0v) is 24.1. The SMILES string of the molecule is Cn1cnnc1[C@@H](c1cc(-c2cncnc2)cc(-n2cc3c(C(F)(I)I)cccn3c2=O)c1)C1CCC1. The Hall–Kier alpha value is -2.68. The Morgan fingerprint density at radius 3 is 2.57 bits per heavy atom. The number of hydrogen-bond donors (Lipinski definition) is 0. The zero-order chi connectivity index (χ0) is 25.7. The number of imidazole rings is 1. The lowest BCUT2D eigenvalue weighted by Gasteiger charge is -2.33. The van der Waals surface area contributed by atoms with Crippen LogP contribution in [0.15, 0.2) is 72.6 Å². The molecule has 4 aromatic heterocycles. The van der Waals surface area contributed by atoms with Crippen molar-refractivity contribution >= 4 is 50.7 Å². The average Bonchev–Trinajstić information content (AvgIpc) is 3.43. The molecule has 0 aliphatic heterocycles. The predicted molar refractivity (Wildman–Crippen MR) is 155 cm³/mol. The Morgan fingerprint density at radius 2 is 1.92 bits per heavy atom. The van der Waals surface area contributed by atoms with E-state index in [0.29, 0.717) is 22.7 Å². The Morgan fingerprint density at radius 1 is 1.14 bits per heavy atom. The molecule has 0 radical (unpaired) electrons. The molecule has 11 heteroatoms. The first-order valence-electron chi connectivity index (χ1n) is 11.9. The van der Waals surface area contributed by atoms with Gasteiger partial charge in [0.25, 0.3) is 0 Å². The molecule has 0 bridgehead atoms. The molecule has 8 nitrogen and oxygen atoms in total. The molecule has 1 aliphatic carbocycles. The van der Waals surface area contributed by atoms with E-state index in [1.165, 1.54) is 17.1 Å². The number of aryl methyl sites for hydroxylation is 1. The second-order valence-corrected chi connectivity index (χ2v) is 14.4. The molecule has 0 N–H and O–H groups in total. The minimum atomic E-state index is -1.66. The molecular formula is C26H22FI2N7O. The number of rotatable bonds is 6. The standard InChI is InChI=1S/C26H22FI2N7O/c1-34-15-32-33-24(34)23(16-4-2-5-16)18-8-17(19-11-30-14-31-12-19)9-20(10-18)36-13-22-21(26(27,28)29)6-3-7-35(22)25(36)37/h3,6-16,23H,2,4-5H2,1H3/t23-/m1/s1. The minimum absolute atomic E-state index is 0.0232. The van der Waals surface area contributed by atoms with Crippen LogP contribution in [0.4, 0.5) is 4.39 Å². The molecule has 6 rings (SSSR count). The van der Waals surface area contributed by atoms with Crippen LogP contribution in [0.3, 0.4) is 0 Å². The Bertz CT molecular complexity index is 1650. The summed E-state index contributed by atoms with van der Waals surface area (Å²) in [6.45, 7) is 0. The van der Waals surface area contributed by atoms with Gasteiger partial charge in [-0.3, -0.25) is 8.97 Å². The smallest absolute Gasteiger partial charge is 0.320 e. The molecule has 1 aliphatic rings. The van der Waals surface area contributed by atoms with E-state index in [4.69, 9.17) is 0 Å². The molecule has 0 unspecified atom stereocenters. The van der Waals surface area contributed by atoms with Gasteiger partial charge >= 0.3 is 5.69 Å². The summed E-state index contributed by atoms with van der Waals surface area (Å²) in [6.07, 6.45) is 13.5. The summed E-state index contributed by atoms with van der Waals surface area (Å²) in [7, 11) is 1.96. The van der Waals surface area contributed by atoms with Gasteiger partial charge in [0.1, 0.15) is 18.5 Å². The van der Waals surface area contributed by atoms with Gasteiger partial charge in [0.15, 0.2) is 0 Å². The van der Waals surface area contributed by atoms with Crippen LogP contribution in [0.2, 0.25) is 0 Å². The van der Waals surface area contributed by atoms with Crippen molar-refractivity contribution in [1.82, 2.24) is 33.7 Å². The van der Waals surface area contributed by atoms with Gasteiger partial charge < -0.3 is 4.57 Å². The predicted octanol–water partition coefficient (Wildman–Crippen LogP) is 5.56. The lowest BCUT2D eigenvalue weighted by Crippen LogP contribution is -2.24. The fourth-order valence-corrected chi connectivity index (χ4v) is 6.00. The molecule has 4 heterocycles. The molecule has 0 amide bonds. The maximum absolute atomic E-state index is 15.0. The molecule has 1 saturated carbocycles. The highest BCUT2D eigenvalue weighted by atomic mass is 127. The van der Waals surface area contributed by atoms with Crippen LogP contribution in [0.5, 0.6) is 0 Å². The second-order valence-electron chi connectivity index (χ2n) is 9.37. The van der Waals surface area contributed by atoms with E-state index in [1.54, 1.807) is 93.0 Å². The van der Waals surface area contributed by atoms with Crippen LogP contribution in [-0.2, 0) is 8.73 Å².